The predicted molar refractivity (Wildman–Crippen MR) is 73.4 cm³/mol. The van der Waals surface area contributed by atoms with Crippen LogP contribution in [-0.2, 0) is 10.4 Å². The highest BCUT2D eigenvalue weighted by Crippen LogP contribution is 2.43. The number of aliphatic hydroxyl groups is 1. The van der Waals surface area contributed by atoms with E-state index in [0.29, 0.717) is 12.8 Å². The summed E-state index contributed by atoms with van der Waals surface area (Å²) in [6.45, 7) is 1.93. The first kappa shape index (κ1) is 16.1. The standard InChI is InChI=1S/C14H18F2O2S/c1-2-3-7-10-13(18,14(15,16)12(17)19)11-8-5-4-6-9-11/h4-6,8-9,18H,2-3,7,10H2,1H3,(H,17,19). The molecule has 0 radical (unpaired) electrons. The molecule has 1 aromatic carbocycles. The zero-order valence-electron chi connectivity index (χ0n) is 10.8. The molecule has 0 bridgehead atoms. The van der Waals surface area contributed by atoms with Gasteiger partial charge in [-0.05, 0) is 18.4 Å². The van der Waals surface area contributed by atoms with Crippen molar-refractivity contribution in [2.45, 2.75) is 44.1 Å². The number of benzene rings is 1. The fourth-order valence-corrected chi connectivity index (χ4v) is 2.19. The Balaban J connectivity index is 3.14. The van der Waals surface area contributed by atoms with Gasteiger partial charge in [-0.1, -0.05) is 62.7 Å². The molecule has 1 aromatic rings. The second-order valence-corrected chi connectivity index (χ2v) is 4.97. The minimum atomic E-state index is -3.91. The topological polar surface area (TPSA) is 37.3 Å². The van der Waals surface area contributed by atoms with Crippen LogP contribution in [-0.4, -0.2) is 16.1 Å². The molecular weight excluding hydrogens is 270 g/mol. The fourth-order valence-electron chi connectivity index (χ4n) is 2.00. The monoisotopic (exact) mass is 288 g/mol. The summed E-state index contributed by atoms with van der Waals surface area (Å²) >= 11 is 3.22. The van der Waals surface area contributed by atoms with Gasteiger partial charge in [0.2, 0.25) is 0 Å². The highest BCUT2D eigenvalue weighted by molar-refractivity contribution is 7.96. The molecule has 0 fully saturated rings. The van der Waals surface area contributed by atoms with Crippen LogP contribution in [0.15, 0.2) is 30.3 Å². The summed E-state index contributed by atoms with van der Waals surface area (Å²) in [5, 5.41) is 8.77. The van der Waals surface area contributed by atoms with Crippen LogP contribution in [0, 0.1) is 0 Å². The van der Waals surface area contributed by atoms with Crippen molar-refractivity contribution >= 4 is 17.7 Å². The van der Waals surface area contributed by atoms with E-state index in [2.05, 4.69) is 12.6 Å². The first-order valence-electron chi connectivity index (χ1n) is 6.25. The Labute approximate surface area is 117 Å². The lowest BCUT2D eigenvalue weighted by molar-refractivity contribution is -0.189. The molecule has 0 aliphatic heterocycles. The molecule has 2 nitrogen and oxygen atoms in total. The van der Waals surface area contributed by atoms with E-state index in [0.717, 1.165) is 6.42 Å². The molecule has 0 saturated heterocycles. The quantitative estimate of drug-likeness (QED) is 0.595. The van der Waals surface area contributed by atoms with Crippen molar-refractivity contribution in [2.75, 3.05) is 0 Å². The normalized spacial score (nSPS) is 15.0. The van der Waals surface area contributed by atoms with Crippen molar-refractivity contribution in [3.05, 3.63) is 35.9 Å². The maximum Gasteiger partial charge on any atom is 0.346 e. The zero-order chi connectivity index (χ0) is 14.5. The van der Waals surface area contributed by atoms with Crippen LogP contribution in [0.5, 0.6) is 0 Å². The summed E-state index contributed by atoms with van der Waals surface area (Å²) in [7, 11) is 0. The Kier molecular flexibility index (Phi) is 5.50. The zero-order valence-corrected chi connectivity index (χ0v) is 11.7. The Morgan fingerprint density at radius 2 is 1.84 bits per heavy atom. The Morgan fingerprint density at radius 1 is 1.26 bits per heavy atom. The molecule has 0 aliphatic rings. The van der Waals surface area contributed by atoms with E-state index in [9.17, 15) is 18.7 Å². The van der Waals surface area contributed by atoms with E-state index < -0.39 is 16.6 Å². The highest BCUT2D eigenvalue weighted by Gasteiger charge is 2.57. The maximum absolute atomic E-state index is 14.0. The van der Waals surface area contributed by atoms with Crippen LogP contribution in [0.25, 0.3) is 0 Å². The Morgan fingerprint density at radius 3 is 2.32 bits per heavy atom. The third-order valence-corrected chi connectivity index (χ3v) is 3.46. The van der Waals surface area contributed by atoms with Gasteiger partial charge in [-0.3, -0.25) is 4.79 Å². The smallest absolute Gasteiger partial charge is 0.346 e. The van der Waals surface area contributed by atoms with E-state index >= 15 is 0 Å². The molecule has 1 atom stereocenters. The number of alkyl halides is 2. The number of hydrogen-bond acceptors (Lipinski definition) is 2. The van der Waals surface area contributed by atoms with Gasteiger partial charge >= 0.3 is 5.92 Å². The minimum absolute atomic E-state index is 0.0403. The SMILES string of the molecule is CCCCCC(O)(c1ccccc1)C(F)(F)C(=O)S. The largest absolute Gasteiger partial charge is 0.378 e. The van der Waals surface area contributed by atoms with Gasteiger partial charge in [0.15, 0.2) is 5.60 Å². The summed E-state index contributed by atoms with van der Waals surface area (Å²) in [6.07, 6.45) is 1.79. The third-order valence-electron chi connectivity index (χ3n) is 3.18. The van der Waals surface area contributed by atoms with Crippen LogP contribution in [0.3, 0.4) is 0 Å². The summed E-state index contributed by atoms with van der Waals surface area (Å²) in [5.41, 5.74) is -2.46. The molecule has 0 spiro atoms. The van der Waals surface area contributed by atoms with Crippen molar-refractivity contribution in [1.29, 1.82) is 0 Å². The maximum atomic E-state index is 14.0. The van der Waals surface area contributed by atoms with Gasteiger partial charge in [0.1, 0.15) is 0 Å². The van der Waals surface area contributed by atoms with Gasteiger partial charge < -0.3 is 5.11 Å². The van der Waals surface area contributed by atoms with E-state index in [1.165, 1.54) is 12.1 Å². The van der Waals surface area contributed by atoms with Crippen LogP contribution in [0.4, 0.5) is 8.78 Å². The van der Waals surface area contributed by atoms with E-state index in [1.807, 2.05) is 6.92 Å². The lowest BCUT2D eigenvalue weighted by Gasteiger charge is -2.34. The summed E-state index contributed by atoms with van der Waals surface area (Å²) in [6, 6.07) is 7.57. The summed E-state index contributed by atoms with van der Waals surface area (Å²) in [4.78, 5) is 11.1. The molecule has 0 aromatic heterocycles. The molecule has 1 unspecified atom stereocenters. The van der Waals surface area contributed by atoms with Crippen molar-refractivity contribution in [1.82, 2.24) is 0 Å². The van der Waals surface area contributed by atoms with Gasteiger partial charge in [0, 0.05) is 0 Å². The molecule has 1 N–H and O–H groups in total. The number of carbonyl (C=O) groups is 1. The number of thiol groups is 1. The molecule has 5 heteroatoms. The molecule has 0 saturated carbocycles. The average Bonchev–Trinajstić information content (AvgIpc) is 2.39. The van der Waals surface area contributed by atoms with E-state index in [-0.39, 0.29) is 12.0 Å². The average molecular weight is 288 g/mol. The molecule has 0 heterocycles. The summed E-state index contributed by atoms with van der Waals surface area (Å²) in [5.74, 6) is -3.91. The van der Waals surface area contributed by atoms with Crippen molar-refractivity contribution in [3.63, 3.8) is 0 Å². The molecule has 0 aliphatic carbocycles. The van der Waals surface area contributed by atoms with Gasteiger partial charge in [0.25, 0.3) is 5.12 Å². The molecule has 106 valence electrons. The second-order valence-electron chi connectivity index (χ2n) is 4.56. The molecule has 19 heavy (non-hydrogen) atoms. The molecule has 1 rings (SSSR count). The van der Waals surface area contributed by atoms with Gasteiger partial charge in [-0.15, -0.1) is 0 Å². The fraction of sp³-hybridized carbons (Fsp3) is 0.500. The third kappa shape index (κ3) is 3.34. The van der Waals surface area contributed by atoms with Crippen LogP contribution < -0.4 is 0 Å². The minimum Gasteiger partial charge on any atom is -0.378 e. The van der Waals surface area contributed by atoms with Crippen LogP contribution >= 0.6 is 12.6 Å². The van der Waals surface area contributed by atoms with Crippen molar-refractivity contribution in [3.8, 4) is 0 Å². The number of unbranched alkanes of at least 4 members (excludes halogenated alkanes) is 2. The van der Waals surface area contributed by atoms with E-state index in [1.54, 1.807) is 18.2 Å². The predicted octanol–water partition coefficient (Wildman–Crippen LogP) is 3.55. The molecular formula is C14H18F2O2S. The van der Waals surface area contributed by atoms with Crippen LogP contribution in [0.2, 0.25) is 0 Å². The first-order valence-corrected chi connectivity index (χ1v) is 6.70. The van der Waals surface area contributed by atoms with Crippen molar-refractivity contribution < 1.29 is 18.7 Å². The lowest BCUT2D eigenvalue weighted by Crippen LogP contribution is -2.49. The van der Waals surface area contributed by atoms with Crippen molar-refractivity contribution in [2.24, 2.45) is 0 Å². The van der Waals surface area contributed by atoms with E-state index in [4.69, 9.17) is 0 Å². The lowest BCUT2D eigenvalue weighted by atomic mass is 9.83. The second kappa shape index (κ2) is 6.48. The number of halogens is 2. The van der Waals surface area contributed by atoms with Gasteiger partial charge in [-0.25, -0.2) is 0 Å². The highest BCUT2D eigenvalue weighted by atomic mass is 32.1. The Hall–Kier alpha value is -0.940. The number of carbonyl (C=O) groups excluding carboxylic acids is 1. The number of hydrogen-bond donors (Lipinski definition) is 2. The van der Waals surface area contributed by atoms with Gasteiger partial charge in [0.05, 0.1) is 0 Å². The first-order chi connectivity index (χ1) is 8.86. The molecule has 0 amide bonds. The summed E-state index contributed by atoms with van der Waals surface area (Å²) < 4.78 is 28.1. The number of rotatable bonds is 7. The Bertz CT molecular complexity index is 423. The van der Waals surface area contributed by atoms with Gasteiger partial charge in [-0.2, -0.15) is 8.78 Å². The van der Waals surface area contributed by atoms with Crippen LogP contribution in [0.1, 0.15) is 38.2 Å².